The summed E-state index contributed by atoms with van der Waals surface area (Å²) in [4.78, 5) is 0. The lowest BCUT2D eigenvalue weighted by atomic mass is 10.1. The molecule has 0 aromatic heterocycles. The molecule has 0 aromatic carbocycles. The van der Waals surface area contributed by atoms with Gasteiger partial charge in [0.1, 0.15) is 0 Å². The van der Waals surface area contributed by atoms with Crippen molar-refractivity contribution >= 4 is 11.3 Å². The van der Waals surface area contributed by atoms with Gasteiger partial charge in [-0.1, -0.05) is 0 Å². The average Bonchev–Trinajstić information content (AvgIpc) is 2.05. The lowest BCUT2D eigenvalue weighted by Crippen LogP contribution is -2.45. The van der Waals surface area contributed by atoms with Crippen LogP contribution in [0.2, 0.25) is 0 Å². The van der Waals surface area contributed by atoms with E-state index in [1.165, 1.54) is 4.31 Å². The van der Waals surface area contributed by atoms with Gasteiger partial charge in [0.15, 0.2) is 0 Å². The molecule has 1 heterocycles. The number of nitrogens with zero attached hydrogens (tertiary/aromatic N) is 1. The van der Waals surface area contributed by atoms with Crippen molar-refractivity contribution < 1.29 is 8.76 Å². The molecular formula is C5H13N3O2S. The quantitative estimate of drug-likeness (QED) is 0.290. The zero-order chi connectivity index (χ0) is 8.27. The number of hydrazine groups is 1. The maximum absolute atomic E-state index is 10.5. The molecule has 1 saturated heterocycles. The van der Waals surface area contributed by atoms with Crippen LogP contribution < -0.4 is 11.3 Å². The average molecular weight is 179 g/mol. The van der Waals surface area contributed by atoms with E-state index in [4.69, 9.17) is 10.4 Å². The molecule has 1 rings (SSSR count). The number of nitrogens with two attached hydrogens (primary N) is 1. The summed E-state index contributed by atoms with van der Waals surface area (Å²) in [6.07, 6.45) is 1.67. The zero-order valence-corrected chi connectivity index (χ0v) is 7.01. The fraction of sp³-hybridized carbons (Fsp3) is 1.00. The third kappa shape index (κ3) is 2.49. The summed E-state index contributed by atoms with van der Waals surface area (Å²) in [5.41, 5.74) is 2.66. The van der Waals surface area contributed by atoms with Crippen LogP contribution >= 0.6 is 0 Å². The van der Waals surface area contributed by atoms with Crippen molar-refractivity contribution in [3.63, 3.8) is 0 Å². The van der Waals surface area contributed by atoms with Gasteiger partial charge in [-0.15, -0.1) is 0 Å². The summed E-state index contributed by atoms with van der Waals surface area (Å²) in [6, 6.07) is 0.301. The molecule has 5 nitrogen and oxygen atoms in total. The summed E-state index contributed by atoms with van der Waals surface area (Å²) < 4.78 is 20.7. The Morgan fingerprint density at radius 2 is 2.09 bits per heavy atom. The normalized spacial score (nSPS) is 25.3. The topological polar surface area (TPSA) is 78.6 Å². The van der Waals surface area contributed by atoms with Crippen LogP contribution in [0.5, 0.6) is 0 Å². The molecule has 4 N–H and O–H groups in total. The van der Waals surface area contributed by atoms with Crippen molar-refractivity contribution in [1.82, 2.24) is 9.73 Å². The van der Waals surface area contributed by atoms with E-state index < -0.39 is 11.3 Å². The number of hydrogen-bond donors (Lipinski definition) is 3. The van der Waals surface area contributed by atoms with E-state index >= 15 is 0 Å². The van der Waals surface area contributed by atoms with Crippen molar-refractivity contribution in [1.29, 1.82) is 0 Å². The minimum absolute atomic E-state index is 0.301. The van der Waals surface area contributed by atoms with Crippen LogP contribution in [0.15, 0.2) is 0 Å². The van der Waals surface area contributed by atoms with Gasteiger partial charge in [0.25, 0.3) is 0 Å². The van der Waals surface area contributed by atoms with Gasteiger partial charge in [0, 0.05) is 19.1 Å². The van der Waals surface area contributed by atoms with E-state index in [2.05, 4.69) is 5.43 Å². The standard InChI is InChI=1S/C5H13N3O2S/c6-7-5-1-3-8(4-2-5)11(9)10/h5,7H,1-4,6H2,(H,9,10). The molecule has 1 atom stereocenters. The first kappa shape index (κ1) is 9.08. The van der Waals surface area contributed by atoms with Gasteiger partial charge in [-0.05, 0) is 12.8 Å². The van der Waals surface area contributed by atoms with E-state index in [0.29, 0.717) is 19.1 Å². The third-order valence-corrected chi connectivity index (χ3v) is 2.72. The summed E-state index contributed by atoms with van der Waals surface area (Å²) in [6.45, 7) is 1.27. The minimum Gasteiger partial charge on any atom is -0.294 e. The molecule has 6 heteroatoms. The van der Waals surface area contributed by atoms with Gasteiger partial charge in [0.2, 0.25) is 11.3 Å². The number of piperidine rings is 1. The maximum atomic E-state index is 10.5. The molecule has 0 aliphatic carbocycles. The molecule has 0 spiro atoms. The summed E-state index contributed by atoms with van der Waals surface area (Å²) in [7, 11) is 0. The van der Waals surface area contributed by atoms with Crippen molar-refractivity contribution in [2.75, 3.05) is 13.1 Å². The molecule has 1 aliphatic heterocycles. The fourth-order valence-corrected chi connectivity index (χ4v) is 1.70. The van der Waals surface area contributed by atoms with Crippen LogP contribution in [-0.4, -0.2) is 32.2 Å². The molecular weight excluding hydrogens is 166 g/mol. The maximum Gasteiger partial charge on any atom is 0.234 e. The Morgan fingerprint density at radius 3 is 2.45 bits per heavy atom. The highest BCUT2D eigenvalue weighted by Gasteiger charge is 2.20. The molecule has 1 fully saturated rings. The lowest BCUT2D eigenvalue weighted by molar-refractivity contribution is 0.287. The predicted octanol–water partition coefficient (Wildman–Crippen LogP) is -0.949. The van der Waals surface area contributed by atoms with Crippen LogP contribution in [-0.2, 0) is 11.3 Å². The van der Waals surface area contributed by atoms with Crippen molar-refractivity contribution in [3.8, 4) is 0 Å². The SMILES string of the molecule is NNC1CCN(S(=O)O)CC1. The molecule has 0 amide bonds. The molecule has 1 unspecified atom stereocenters. The van der Waals surface area contributed by atoms with Gasteiger partial charge in [-0.2, -0.15) is 0 Å². The summed E-state index contributed by atoms with van der Waals surface area (Å²) >= 11 is -1.80. The van der Waals surface area contributed by atoms with Crippen LogP contribution in [0.3, 0.4) is 0 Å². The first-order valence-corrected chi connectivity index (χ1v) is 4.62. The first-order valence-electron chi connectivity index (χ1n) is 3.56. The molecule has 0 aromatic rings. The van der Waals surface area contributed by atoms with Crippen LogP contribution in [0.25, 0.3) is 0 Å². The number of hydrogen-bond acceptors (Lipinski definition) is 3. The van der Waals surface area contributed by atoms with Crippen LogP contribution in [0.4, 0.5) is 0 Å². The molecule has 0 radical (unpaired) electrons. The summed E-state index contributed by atoms with van der Waals surface area (Å²) in [5.74, 6) is 5.22. The van der Waals surface area contributed by atoms with E-state index in [-0.39, 0.29) is 0 Å². The Labute approximate surface area is 68.3 Å². The first-order chi connectivity index (χ1) is 5.24. The Morgan fingerprint density at radius 1 is 1.55 bits per heavy atom. The monoisotopic (exact) mass is 179 g/mol. The highest BCUT2D eigenvalue weighted by molar-refractivity contribution is 7.76. The highest BCUT2D eigenvalue weighted by Crippen LogP contribution is 2.09. The summed E-state index contributed by atoms with van der Waals surface area (Å²) in [5, 5.41) is 0. The highest BCUT2D eigenvalue weighted by atomic mass is 32.2. The second-order valence-electron chi connectivity index (χ2n) is 2.60. The lowest BCUT2D eigenvalue weighted by Gasteiger charge is -2.28. The van der Waals surface area contributed by atoms with E-state index in [9.17, 15) is 4.21 Å². The van der Waals surface area contributed by atoms with Crippen LogP contribution in [0, 0.1) is 0 Å². The van der Waals surface area contributed by atoms with Gasteiger partial charge in [0.05, 0.1) is 0 Å². The molecule has 66 valence electrons. The van der Waals surface area contributed by atoms with E-state index in [1.807, 2.05) is 0 Å². The Kier molecular flexibility index (Phi) is 3.41. The van der Waals surface area contributed by atoms with E-state index in [1.54, 1.807) is 0 Å². The Bertz CT molecular complexity index is 147. The molecule has 0 bridgehead atoms. The van der Waals surface area contributed by atoms with Crippen molar-refractivity contribution in [2.45, 2.75) is 18.9 Å². The molecule has 1 aliphatic rings. The van der Waals surface area contributed by atoms with Gasteiger partial charge in [-0.3, -0.25) is 15.8 Å². The number of rotatable bonds is 2. The second kappa shape index (κ2) is 4.13. The predicted molar refractivity (Wildman–Crippen MR) is 42.7 cm³/mol. The van der Waals surface area contributed by atoms with Gasteiger partial charge >= 0.3 is 0 Å². The smallest absolute Gasteiger partial charge is 0.234 e. The molecule has 0 saturated carbocycles. The largest absolute Gasteiger partial charge is 0.294 e. The zero-order valence-electron chi connectivity index (χ0n) is 6.19. The van der Waals surface area contributed by atoms with Gasteiger partial charge < -0.3 is 0 Å². The van der Waals surface area contributed by atoms with Crippen molar-refractivity contribution in [2.24, 2.45) is 5.84 Å². The Hall–Kier alpha value is -0.0100. The van der Waals surface area contributed by atoms with Gasteiger partial charge in [-0.25, -0.2) is 8.51 Å². The van der Waals surface area contributed by atoms with E-state index in [0.717, 1.165) is 12.8 Å². The molecule has 11 heavy (non-hydrogen) atoms. The van der Waals surface area contributed by atoms with Crippen molar-refractivity contribution in [3.05, 3.63) is 0 Å². The fourth-order valence-electron chi connectivity index (χ4n) is 1.18. The Balaban J connectivity index is 2.30. The minimum atomic E-state index is -1.80. The van der Waals surface area contributed by atoms with Crippen LogP contribution in [0.1, 0.15) is 12.8 Å². The number of nitrogens with one attached hydrogen (secondary N) is 1. The third-order valence-electron chi connectivity index (χ3n) is 1.91. The second-order valence-corrected chi connectivity index (χ2v) is 3.58.